The molecule has 5 aromatic rings. The first-order valence-electron chi connectivity index (χ1n) is 12.2. The van der Waals surface area contributed by atoms with Crippen LogP contribution in [0.5, 0.6) is 11.5 Å². The minimum atomic E-state index is -0.0986. The first kappa shape index (κ1) is 24.9. The maximum absolute atomic E-state index is 12.8. The van der Waals surface area contributed by atoms with Gasteiger partial charge in [0.2, 0.25) is 11.0 Å². The molecule has 1 amide bonds. The van der Waals surface area contributed by atoms with Crippen LogP contribution in [0.4, 0.5) is 10.1 Å². The van der Waals surface area contributed by atoms with Crippen molar-refractivity contribution >= 4 is 33.6 Å². The molecule has 5 rings (SSSR count). The number of aromatic nitrogens is 1. The number of thiazole rings is 1. The number of hydrogen-bond acceptors (Lipinski definition) is 6. The topological polar surface area (TPSA) is 75.6 Å². The summed E-state index contributed by atoms with van der Waals surface area (Å²) < 4.78 is 5.91. The Balaban J connectivity index is 1.31. The molecule has 0 radical (unpaired) electrons. The third kappa shape index (κ3) is 6.72. The van der Waals surface area contributed by atoms with Crippen LogP contribution in [0, 0.1) is 6.92 Å². The molecule has 0 bridgehead atoms. The first-order valence-corrected chi connectivity index (χ1v) is 13.0. The Morgan fingerprint density at radius 1 is 0.895 bits per heavy atom. The van der Waals surface area contributed by atoms with E-state index in [1.807, 2.05) is 116 Å². The molecule has 0 aliphatic rings. The van der Waals surface area contributed by atoms with Crippen molar-refractivity contribution in [3.63, 3.8) is 0 Å². The summed E-state index contributed by atoms with van der Waals surface area (Å²) in [6.07, 6.45) is 1.99. The Morgan fingerprint density at radius 2 is 1.61 bits per heavy atom. The van der Waals surface area contributed by atoms with E-state index in [2.05, 4.69) is 15.8 Å². The summed E-state index contributed by atoms with van der Waals surface area (Å²) >= 11 is 1.34. The monoisotopic (exact) mass is 518 g/mol. The number of hydrogen-bond donors (Lipinski definition) is 2. The SMILES string of the molecule is Cc1ccc(-c2nc(NN=Cc3cccc(Oc4ccccc4)c3)sc2NC(=O)Cc2ccccc2)cc1. The van der Waals surface area contributed by atoms with Crippen LogP contribution >= 0.6 is 11.3 Å². The van der Waals surface area contributed by atoms with Crippen molar-refractivity contribution < 1.29 is 9.53 Å². The van der Waals surface area contributed by atoms with Crippen LogP contribution in [0.1, 0.15) is 16.7 Å². The van der Waals surface area contributed by atoms with E-state index in [9.17, 15) is 4.79 Å². The Kier molecular flexibility index (Phi) is 7.86. The maximum atomic E-state index is 12.8. The van der Waals surface area contributed by atoms with Crippen molar-refractivity contribution in [1.82, 2.24) is 4.98 Å². The fourth-order valence-corrected chi connectivity index (χ4v) is 4.61. The molecule has 7 heteroatoms. The summed E-state index contributed by atoms with van der Waals surface area (Å²) in [5, 5.41) is 8.66. The number of benzene rings is 4. The highest BCUT2D eigenvalue weighted by Gasteiger charge is 2.16. The van der Waals surface area contributed by atoms with Crippen LogP contribution in [-0.2, 0) is 11.2 Å². The van der Waals surface area contributed by atoms with E-state index in [1.165, 1.54) is 11.3 Å². The van der Waals surface area contributed by atoms with Crippen molar-refractivity contribution in [2.45, 2.75) is 13.3 Å². The van der Waals surface area contributed by atoms with Crippen LogP contribution in [0.2, 0.25) is 0 Å². The van der Waals surface area contributed by atoms with Gasteiger partial charge in [0.1, 0.15) is 22.2 Å². The van der Waals surface area contributed by atoms with Crippen molar-refractivity contribution in [3.8, 4) is 22.8 Å². The van der Waals surface area contributed by atoms with Gasteiger partial charge in [0.05, 0.1) is 12.6 Å². The Bertz CT molecular complexity index is 1530. The molecule has 4 aromatic carbocycles. The van der Waals surface area contributed by atoms with Crippen molar-refractivity contribution in [3.05, 3.63) is 126 Å². The number of carbonyl (C=O) groups excluding carboxylic acids is 1. The largest absolute Gasteiger partial charge is 0.457 e. The summed E-state index contributed by atoms with van der Waals surface area (Å²) in [6.45, 7) is 2.04. The highest BCUT2D eigenvalue weighted by atomic mass is 32.1. The molecule has 1 heterocycles. The molecule has 0 saturated carbocycles. The van der Waals surface area contributed by atoms with Crippen LogP contribution < -0.4 is 15.5 Å². The van der Waals surface area contributed by atoms with Gasteiger partial charge in [-0.05, 0) is 42.3 Å². The standard InChI is InChI=1S/C31H26N4O2S/c1-22-15-17-25(18-16-22)29-30(33-28(36)20-23-9-4-2-5-10-23)38-31(34-29)35-32-21-24-11-8-14-27(19-24)37-26-12-6-3-7-13-26/h2-19,21H,20H2,1H3,(H,33,36)(H,34,35). The lowest BCUT2D eigenvalue weighted by atomic mass is 10.1. The average Bonchev–Trinajstić information content (AvgIpc) is 3.32. The van der Waals surface area contributed by atoms with E-state index in [4.69, 9.17) is 9.72 Å². The first-order chi connectivity index (χ1) is 18.6. The molecule has 6 nitrogen and oxygen atoms in total. The Hall–Kier alpha value is -4.75. The molecular weight excluding hydrogens is 492 g/mol. The normalized spacial score (nSPS) is 10.9. The molecule has 0 unspecified atom stereocenters. The third-order valence-electron chi connectivity index (χ3n) is 5.62. The Morgan fingerprint density at radius 3 is 2.37 bits per heavy atom. The van der Waals surface area contributed by atoms with Gasteiger partial charge in [-0.15, -0.1) is 0 Å². The third-order valence-corrected chi connectivity index (χ3v) is 6.50. The van der Waals surface area contributed by atoms with E-state index in [-0.39, 0.29) is 12.3 Å². The van der Waals surface area contributed by atoms with E-state index >= 15 is 0 Å². The predicted octanol–water partition coefficient (Wildman–Crippen LogP) is 7.54. The number of para-hydroxylation sites is 1. The van der Waals surface area contributed by atoms with Crippen molar-refractivity contribution in [2.24, 2.45) is 5.10 Å². The predicted molar refractivity (Wildman–Crippen MR) is 155 cm³/mol. The number of ether oxygens (including phenoxy) is 1. The zero-order valence-corrected chi connectivity index (χ0v) is 21.6. The minimum absolute atomic E-state index is 0.0986. The summed E-state index contributed by atoms with van der Waals surface area (Å²) in [5.74, 6) is 1.39. The summed E-state index contributed by atoms with van der Waals surface area (Å²) in [4.78, 5) is 17.5. The van der Waals surface area contributed by atoms with Crippen molar-refractivity contribution in [2.75, 3.05) is 10.7 Å². The lowest BCUT2D eigenvalue weighted by Gasteiger charge is -2.06. The highest BCUT2D eigenvalue weighted by molar-refractivity contribution is 7.20. The lowest BCUT2D eigenvalue weighted by Crippen LogP contribution is -2.14. The van der Waals surface area contributed by atoms with Crippen LogP contribution in [-0.4, -0.2) is 17.1 Å². The number of hydrazone groups is 1. The highest BCUT2D eigenvalue weighted by Crippen LogP contribution is 2.36. The van der Waals surface area contributed by atoms with E-state index in [0.29, 0.717) is 15.8 Å². The van der Waals surface area contributed by atoms with Crippen LogP contribution in [0.25, 0.3) is 11.3 Å². The molecule has 0 atom stereocenters. The molecule has 38 heavy (non-hydrogen) atoms. The number of nitrogens with zero attached hydrogens (tertiary/aromatic N) is 2. The van der Waals surface area contributed by atoms with Gasteiger partial charge >= 0.3 is 0 Å². The number of carbonyl (C=O) groups is 1. The van der Waals surface area contributed by atoms with Crippen LogP contribution in [0.15, 0.2) is 114 Å². The molecule has 188 valence electrons. The second kappa shape index (κ2) is 12.0. The van der Waals surface area contributed by atoms with Crippen LogP contribution in [0.3, 0.4) is 0 Å². The molecular formula is C31H26N4O2S. The second-order valence-corrected chi connectivity index (χ2v) is 9.63. The van der Waals surface area contributed by atoms with Gasteiger partial charge in [0, 0.05) is 5.56 Å². The lowest BCUT2D eigenvalue weighted by molar-refractivity contribution is -0.115. The van der Waals surface area contributed by atoms with Gasteiger partial charge in [0.15, 0.2) is 0 Å². The molecule has 1 aromatic heterocycles. The maximum Gasteiger partial charge on any atom is 0.229 e. The number of rotatable bonds is 9. The molecule has 2 N–H and O–H groups in total. The van der Waals surface area contributed by atoms with Gasteiger partial charge in [-0.25, -0.2) is 4.98 Å². The van der Waals surface area contributed by atoms with Gasteiger partial charge in [-0.3, -0.25) is 10.2 Å². The molecule has 0 spiro atoms. The number of aryl methyl sites for hydroxylation is 1. The summed E-state index contributed by atoms with van der Waals surface area (Å²) in [5.41, 5.74) is 7.61. The fourth-order valence-electron chi connectivity index (χ4n) is 3.76. The van der Waals surface area contributed by atoms with Gasteiger partial charge in [-0.1, -0.05) is 102 Å². The average molecular weight is 519 g/mol. The minimum Gasteiger partial charge on any atom is -0.457 e. The second-order valence-electron chi connectivity index (χ2n) is 8.63. The number of nitrogens with one attached hydrogen (secondary N) is 2. The summed E-state index contributed by atoms with van der Waals surface area (Å²) in [6, 6.07) is 35.0. The molecule has 0 fully saturated rings. The van der Waals surface area contributed by atoms with Gasteiger partial charge in [-0.2, -0.15) is 5.10 Å². The Labute approximate surface area is 225 Å². The van der Waals surface area contributed by atoms with Gasteiger partial charge in [0.25, 0.3) is 0 Å². The zero-order chi connectivity index (χ0) is 26.2. The van der Waals surface area contributed by atoms with E-state index in [1.54, 1.807) is 6.21 Å². The van der Waals surface area contributed by atoms with E-state index < -0.39 is 0 Å². The number of amides is 1. The van der Waals surface area contributed by atoms with Crippen molar-refractivity contribution in [1.29, 1.82) is 0 Å². The zero-order valence-electron chi connectivity index (χ0n) is 20.8. The van der Waals surface area contributed by atoms with Gasteiger partial charge < -0.3 is 10.1 Å². The smallest absolute Gasteiger partial charge is 0.229 e. The molecule has 0 saturated heterocycles. The quantitative estimate of drug-likeness (QED) is 0.156. The van der Waals surface area contributed by atoms with E-state index in [0.717, 1.165) is 33.8 Å². The molecule has 0 aliphatic carbocycles. The summed E-state index contributed by atoms with van der Waals surface area (Å²) in [7, 11) is 0. The molecule has 0 aliphatic heterocycles. The number of anilines is 2. The fraction of sp³-hybridized carbons (Fsp3) is 0.0645.